The van der Waals surface area contributed by atoms with Crippen molar-refractivity contribution in [2.75, 3.05) is 5.32 Å². The SMILES string of the molecule is Cc1cccc(NC(=O)[C@@H]2Sc3[nH]c(=O)sc3[C@@H]3c4ccccc4OC(=O)[C@@H]32)c1. The molecule has 0 fully saturated rings. The first-order valence-electron chi connectivity index (χ1n) is 9.09. The highest BCUT2D eigenvalue weighted by Gasteiger charge is 2.51. The van der Waals surface area contributed by atoms with Gasteiger partial charge in [-0.1, -0.05) is 53.4 Å². The van der Waals surface area contributed by atoms with Gasteiger partial charge in [0.05, 0.1) is 10.9 Å². The van der Waals surface area contributed by atoms with Crippen molar-refractivity contribution in [2.45, 2.75) is 23.1 Å². The molecule has 146 valence electrons. The summed E-state index contributed by atoms with van der Waals surface area (Å²) in [6.07, 6.45) is 0. The number of aromatic amines is 1. The molecule has 1 aromatic heterocycles. The van der Waals surface area contributed by atoms with Gasteiger partial charge >= 0.3 is 10.8 Å². The lowest BCUT2D eigenvalue weighted by Crippen LogP contribution is -2.46. The van der Waals surface area contributed by atoms with Crippen molar-refractivity contribution < 1.29 is 14.3 Å². The van der Waals surface area contributed by atoms with Crippen LogP contribution in [0.3, 0.4) is 0 Å². The molecule has 0 bridgehead atoms. The van der Waals surface area contributed by atoms with Gasteiger partial charge in [0, 0.05) is 22.0 Å². The Kier molecular flexibility index (Phi) is 4.33. The Balaban J connectivity index is 1.59. The molecular formula is C21H16N2O4S2. The van der Waals surface area contributed by atoms with E-state index in [9.17, 15) is 14.4 Å². The fourth-order valence-corrected chi connectivity index (χ4v) is 6.37. The topological polar surface area (TPSA) is 88.3 Å². The lowest BCUT2D eigenvalue weighted by Gasteiger charge is -2.38. The van der Waals surface area contributed by atoms with E-state index < -0.39 is 17.1 Å². The van der Waals surface area contributed by atoms with E-state index in [1.54, 1.807) is 12.1 Å². The summed E-state index contributed by atoms with van der Waals surface area (Å²) in [5.74, 6) is -1.35. The van der Waals surface area contributed by atoms with E-state index in [1.807, 2.05) is 43.3 Å². The smallest absolute Gasteiger partial charge is 0.317 e. The molecule has 2 aliphatic heterocycles. The molecule has 0 aliphatic carbocycles. The van der Waals surface area contributed by atoms with E-state index in [4.69, 9.17) is 4.74 Å². The number of esters is 1. The molecule has 1 amide bonds. The van der Waals surface area contributed by atoms with Crippen LogP contribution in [0.15, 0.2) is 58.4 Å². The van der Waals surface area contributed by atoms with Crippen molar-refractivity contribution in [3.63, 3.8) is 0 Å². The van der Waals surface area contributed by atoms with Gasteiger partial charge in [-0.3, -0.25) is 14.4 Å². The van der Waals surface area contributed by atoms with Gasteiger partial charge in [0.1, 0.15) is 11.0 Å². The van der Waals surface area contributed by atoms with Crippen molar-refractivity contribution in [1.82, 2.24) is 4.98 Å². The Hall–Kier alpha value is -2.84. The highest BCUT2D eigenvalue weighted by Crippen LogP contribution is 2.53. The summed E-state index contributed by atoms with van der Waals surface area (Å²) in [5.41, 5.74) is 2.51. The maximum absolute atomic E-state index is 13.2. The molecule has 2 N–H and O–H groups in total. The van der Waals surface area contributed by atoms with E-state index in [0.717, 1.165) is 27.3 Å². The maximum atomic E-state index is 13.2. The van der Waals surface area contributed by atoms with Crippen LogP contribution < -0.4 is 14.9 Å². The predicted octanol–water partition coefficient (Wildman–Crippen LogP) is 3.52. The van der Waals surface area contributed by atoms with Crippen molar-refractivity contribution >= 4 is 40.7 Å². The lowest BCUT2D eigenvalue weighted by atomic mass is 9.80. The molecule has 3 heterocycles. The van der Waals surface area contributed by atoms with E-state index >= 15 is 0 Å². The van der Waals surface area contributed by atoms with Crippen molar-refractivity contribution in [3.05, 3.63) is 74.2 Å². The number of carbonyl (C=O) groups excluding carboxylic acids is 2. The molecule has 5 rings (SSSR count). The van der Waals surface area contributed by atoms with Gasteiger partial charge < -0.3 is 15.0 Å². The number of nitrogens with one attached hydrogen (secondary N) is 2. The second kappa shape index (κ2) is 6.89. The van der Waals surface area contributed by atoms with E-state index in [0.29, 0.717) is 16.5 Å². The fourth-order valence-electron chi connectivity index (χ4n) is 3.91. The summed E-state index contributed by atoms with van der Waals surface area (Å²) in [4.78, 5) is 41.6. The number of ether oxygens (including phenoxy) is 1. The van der Waals surface area contributed by atoms with Crippen LogP contribution in [0.5, 0.6) is 5.75 Å². The minimum Gasteiger partial charge on any atom is -0.426 e. The molecule has 0 spiro atoms. The summed E-state index contributed by atoms with van der Waals surface area (Å²) in [5, 5.41) is 2.84. The number of amides is 1. The monoisotopic (exact) mass is 424 g/mol. The van der Waals surface area contributed by atoms with Crippen molar-refractivity contribution in [3.8, 4) is 5.75 Å². The third kappa shape index (κ3) is 3.08. The second-order valence-corrected chi connectivity index (χ2v) is 9.23. The van der Waals surface area contributed by atoms with Crippen LogP contribution in [0, 0.1) is 12.8 Å². The quantitative estimate of drug-likeness (QED) is 0.485. The fraction of sp³-hybridized carbons (Fsp3) is 0.190. The number of aromatic nitrogens is 1. The highest BCUT2D eigenvalue weighted by atomic mass is 32.2. The van der Waals surface area contributed by atoms with Gasteiger partial charge in [-0.25, -0.2) is 0 Å². The van der Waals surface area contributed by atoms with Gasteiger partial charge in [0.15, 0.2) is 0 Å². The molecule has 3 aromatic rings. The zero-order chi connectivity index (χ0) is 20.1. The molecule has 2 aliphatic rings. The molecule has 29 heavy (non-hydrogen) atoms. The molecule has 0 saturated heterocycles. The van der Waals surface area contributed by atoms with Gasteiger partial charge in [-0.05, 0) is 30.7 Å². The minimum absolute atomic E-state index is 0.197. The summed E-state index contributed by atoms with van der Waals surface area (Å²) in [6, 6.07) is 14.8. The van der Waals surface area contributed by atoms with Crippen LogP contribution >= 0.6 is 23.1 Å². The number of thiazole rings is 1. The van der Waals surface area contributed by atoms with Crippen molar-refractivity contribution in [1.29, 1.82) is 0 Å². The van der Waals surface area contributed by atoms with Crippen LogP contribution in [0.4, 0.5) is 5.69 Å². The van der Waals surface area contributed by atoms with Gasteiger partial charge in [0.25, 0.3) is 0 Å². The number of hydrogen-bond acceptors (Lipinski definition) is 6. The molecule has 3 atom stereocenters. The van der Waals surface area contributed by atoms with Crippen LogP contribution in [0.2, 0.25) is 0 Å². The van der Waals surface area contributed by atoms with Crippen molar-refractivity contribution in [2.24, 2.45) is 5.92 Å². The van der Waals surface area contributed by atoms with Crippen LogP contribution in [-0.4, -0.2) is 22.1 Å². The third-order valence-corrected chi connectivity index (χ3v) is 7.55. The third-order valence-electron chi connectivity index (χ3n) is 5.14. The maximum Gasteiger partial charge on any atom is 0.317 e. The number of fused-ring (bicyclic) bond motifs is 5. The van der Waals surface area contributed by atoms with Gasteiger partial charge in [-0.15, -0.1) is 0 Å². The molecule has 0 radical (unpaired) electrons. The number of benzene rings is 2. The summed E-state index contributed by atoms with van der Waals surface area (Å²) in [6.45, 7) is 1.94. The van der Waals surface area contributed by atoms with E-state index in [1.165, 1.54) is 11.8 Å². The first-order chi connectivity index (χ1) is 14.0. The van der Waals surface area contributed by atoms with Crippen LogP contribution in [0.25, 0.3) is 0 Å². The Morgan fingerprint density at radius 2 is 1.97 bits per heavy atom. The average Bonchev–Trinajstić information content (AvgIpc) is 3.07. The number of anilines is 1. The standard InChI is InChI=1S/C21H16N2O4S2/c1-10-5-4-6-11(9-10)22-18(24)16-15-14(17-19(28-16)23-21(26)29-17)12-7-2-3-8-13(12)27-20(15)25/h2-9,14-16H,1H3,(H,22,24)(H,23,26)/t14-,15+,16-/m1/s1. The molecule has 6 nitrogen and oxygen atoms in total. The first kappa shape index (κ1) is 18.2. The average molecular weight is 425 g/mol. The summed E-state index contributed by atoms with van der Waals surface area (Å²) in [7, 11) is 0. The number of hydrogen-bond donors (Lipinski definition) is 2. The summed E-state index contributed by atoms with van der Waals surface area (Å²) < 4.78 is 5.56. The Morgan fingerprint density at radius 3 is 2.79 bits per heavy atom. The minimum atomic E-state index is -0.723. The largest absolute Gasteiger partial charge is 0.426 e. The number of H-pyrrole nitrogens is 1. The molecule has 0 saturated carbocycles. The summed E-state index contributed by atoms with van der Waals surface area (Å²) >= 11 is 2.31. The van der Waals surface area contributed by atoms with Crippen LogP contribution in [-0.2, 0) is 9.59 Å². The number of para-hydroxylation sites is 1. The number of carbonyl (C=O) groups is 2. The Bertz CT molecular complexity index is 1200. The molecule has 8 heteroatoms. The first-order valence-corrected chi connectivity index (χ1v) is 10.8. The van der Waals surface area contributed by atoms with Gasteiger partial charge in [-0.2, -0.15) is 0 Å². The highest BCUT2D eigenvalue weighted by molar-refractivity contribution is 8.00. The van der Waals surface area contributed by atoms with Crippen LogP contribution in [0.1, 0.15) is 21.9 Å². The number of aryl methyl sites for hydroxylation is 1. The zero-order valence-corrected chi connectivity index (χ0v) is 16.9. The Labute approximate surface area is 174 Å². The molecule has 0 unspecified atom stereocenters. The van der Waals surface area contributed by atoms with E-state index in [2.05, 4.69) is 10.3 Å². The zero-order valence-electron chi connectivity index (χ0n) is 15.3. The Morgan fingerprint density at radius 1 is 1.14 bits per heavy atom. The lowest BCUT2D eigenvalue weighted by molar-refractivity contribution is -0.142. The normalized spacial score (nSPS) is 22.1. The predicted molar refractivity (Wildman–Crippen MR) is 112 cm³/mol. The number of rotatable bonds is 2. The molecule has 2 aromatic carbocycles. The van der Waals surface area contributed by atoms with E-state index in [-0.39, 0.29) is 16.7 Å². The van der Waals surface area contributed by atoms with Gasteiger partial charge in [0.2, 0.25) is 5.91 Å². The molecular weight excluding hydrogens is 408 g/mol. The second-order valence-electron chi connectivity index (χ2n) is 7.07. The number of thioether (sulfide) groups is 1.